The van der Waals surface area contributed by atoms with Crippen molar-refractivity contribution in [3.63, 3.8) is 0 Å². The summed E-state index contributed by atoms with van der Waals surface area (Å²) in [6.45, 7) is 4.74. The fourth-order valence-electron chi connectivity index (χ4n) is 3.17. The predicted molar refractivity (Wildman–Crippen MR) is 109 cm³/mol. The average Bonchev–Trinajstić information content (AvgIpc) is 2.60. The minimum Gasteiger partial charge on any atom is -0.360 e. The Morgan fingerprint density at radius 3 is 2.72 bits per heavy atom. The van der Waals surface area contributed by atoms with Crippen LogP contribution in [0.2, 0.25) is 5.02 Å². The minimum atomic E-state index is -0.345. The van der Waals surface area contributed by atoms with Crippen LogP contribution in [0, 0.1) is 0 Å². The first-order chi connectivity index (χ1) is 12.0. The third kappa shape index (κ3) is 6.15. The molecular weight excluding hydrogens is 354 g/mol. The van der Waals surface area contributed by atoms with Gasteiger partial charge in [-0.2, -0.15) is 0 Å². The third-order valence-corrected chi connectivity index (χ3v) is 5.18. The minimum absolute atomic E-state index is 0.0801. The lowest BCUT2D eigenvalue weighted by Crippen LogP contribution is -2.52. The number of carbonyl (C=O) groups is 1. The Morgan fingerprint density at radius 2 is 2.08 bits per heavy atom. The van der Waals surface area contributed by atoms with Crippen molar-refractivity contribution in [2.75, 3.05) is 11.9 Å². The summed E-state index contributed by atoms with van der Waals surface area (Å²) < 4.78 is 0. The van der Waals surface area contributed by atoms with Crippen molar-refractivity contribution in [3.8, 4) is 0 Å². The number of benzene rings is 1. The Balaban J connectivity index is 1.98. The smallest absolute Gasteiger partial charge is 0.246 e. The van der Waals surface area contributed by atoms with E-state index in [9.17, 15) is 4.79 Å². The summed E-state index contributed by atoms with van der Waals surface area (Å²) in [5, 5.41) is 7.68. The molecular formula is C19H28ClN3OS. The highest BCUT2D eigenvalue weighted by Gasteiger charge is 2.25. The summed E-state index contributed by atoms with van der Waals surface area (Å²) in [4.78, 5) is 14.6. The summed E-state index contributed by atoms with van der Waals surface area (Å²) in [5.41, 5.74) is 0.701. The van der Waals surface area contributed by atoms with Crippen molar-refractivity contribution in [1.29, 1.82) is 0 Å². The van der Waals surface area contributed by atoms with Crippen LogP contribution in [0.1, 0.15) is 52.4 Å². The molecule has 0 radical (unpaired) electrons. The van der Waals surface area contributed by atoms with Crippen molar-refractivity contribution in [2.24, 2.45) is 0 Å². The molecule has 0 heterocycles. The van der Waals surface area contributed by atoms with Gasteiger partial charge in [0.1, 0.15) is 6.04 Å². The molecule has 1 amide bonds. The number of hydrogen-bond donors (Lipinski definition) is 2. The monoisotopic (exact) mass is 381 g/mol. The van der Waals surface area contributed by atoms with Crippen LogP contribution in [-0.4, -0.2) is 34.5 Å². The van der Waals surface area contributed by atoms with Crippen LogP contribution in [-0.2, 0) is 4.79 Å². The molecule has 0 spiro atoms. The van der Waals surface area contributed by atoms with E-state index < -0.39 is 0 Å². The molecule has 1 aromatic carbocycles. The molecule has 0 saturated heterocycles. The van der Waals surface area contributed by atoms with Gasteiger partial charge in [0.25, 0.3) is 0 Å². The first kappa shape index (κ1) is 20.0. The highest BCUT2D eigenvalue weighted by Crippen LogP contribution is 2.19. The fourth-order valence-corrected chi connectivity index (χ4v) is 3.78. The van der Waals surface area contributed by atoms with Gasteiger partial charge in [0.05, 0.1) is 0 Å². The van der Waals surface area contributed by atoms with Crippen molar-refractivity contribution in [3.05, 3.63) is 29.3 Å². The van der Waals surface area contributed by atoms with Crippen LogP contribution in [0.5, 0.6) is 0 Å². The van der Waals surface area contributed by atoms with Gasteiger partial charge in [-0.15, -0.1) is 0 Å². The standard InChI is InChI=1S/C19H28ClN3OS/c1-3-12-23(19(25)22-16-9-5-4-6-10-16)14(2)18(24)21-17-11-7-8-15(20)13-17/h7-8,11,13-14,16H,3-6,9-10,12H2,1-2H3,(H,21,24)(H,22,25)/t14-/m1/s1. The largest absolute Gasteiger partial charge is 0.360 e. The SMILES string of the molecule is CCCN(C(=S)NC1CCCCC1)[C@H](C)C(=O)Nc1cccc(Cl)c1. The zero-order valence-electron chi connectivity index (χ0n) is 15.1. The maximum atomic E-state index is 12.7. The number of anilines is 1. The molecule has 1 aliphatic carbocycles. The molecule has 0 unspecified atom stereocenters. The molecule has 1 aromatic rings. The van der Waals surface area contributed by atoms with E-state index in [2.05, 4.69) is 17.6 Å². The second-order valence-electron chi connectivity index (χ2n) is 6.65. The predicted octanol–water partition coefficient (Wildman–Crippen LogP) is 4.59. The van der Waals surface area contributed by atoms with E-state index in [0.717, 1.165) is 25.8 Å². The van der Waals surface area contributed by atoms with Crippen LogP contribution in [0.15, 0.2) is 24.3 Å². The van der Waals surface area contributed by atoms with Gasteiger partial charge in [0.15, 0.2) is 5.11 Å². The van der Waals surface area contributed by atoms with E-state index in [-0.39, 0.29) is 11.9 Å². The Bertz CT molecular complexity index is 590. The quantitative estimate of drug-likeness (QED) is 0.707. The summed E-state index contributed by atoms with van der Waals surface area (Å²) >= 11 is 11.6. The average molecular weight is 382 g/mol. The van der Waals surface area contributed by atoms with Crippen molar-refractivity contribution in [1.82, 2.24) is 10.2 Å². The molecule has 6 heteroatoms. The molecule has 1 atom stereocenters. The van der Waals surface area contributed by atoms with Crippen molar-refractivity contribution >= 4 is 40.5 Å². The highest BCUT2D eigenvalue weighted by atomic mass is 35.5. The molecule has 0 aromatic heterocycles. The van der Waals surface area contributed by atoms with Gasteiger partial charge in [-0.05, 0) is 56.6 Å². The van der Waals surface area contributed by atoms with E-state index >= 15 is 0 Å². The van der Waals surface area contributed by atoms with Gasteiger partial charge in [-0.3, -0.25) is 4.79 Å². The van der Waals surface area contributed by atoms with Crippen LogP contribution in [0.25, 0.3) is 0 Å². The molecule has 0 aliphatic heterocycles. The first-order valence-electron chi connectivity index (χ1n) is 9.14. The fraction of sp³-hybridized carbons (Fsp3) is 0.579. The lowest BCUT2D eigenvalue weighted by Gasteiger charge is -2.34. The lowest BCUT2D eigenvalue weighted by molar-refractivity contribution is -0.119. The van der Waals surface area contributed by atoms with Gasteiger partial charge < -0.3 is 15.5 Å². The Hall–Kier alpha value is -1.33. The topological polar surface area (TPSA) is 44.4 Å². The van der Waals surface area contributed by atoms with E-state index in [1.54, 1.807) is 12.1 Å². The zero-order chi connectivity index (χ0) is 18.2. The first-order valence-corrected chi connectivity index (χ1v) is 9.93. The van der Waals surface area contributed by atoms with Crippen LogP contribution in [0.3, 0.4) is 0 Å². The highest BCUT2D eigenvalue weighted by molar-refractivity contribution is 7.80. The number of thiocarbonyl (C=S) groups is 1. The van der Waals surface area contributed by atoms with Gasteiger partial charge in [0, 0.05) is 23.3 Å². The van der Waals surface area contributed by atoms with Crippen molar-refractivity contribution < 1.29 is 4.79 Å². The second kappa shape index (κ2) is 9.97. The Labute approximate surface area is 161 Å². The van der Waals surface area contributed by atoms with E-state index in [1.807, 2.05) is 24.0 Å². The number of nitrogens with one attached hydrogen (secondary N) is 2. The second-order valence-corrected chi connectivity index (χ2v) is 7.48. The summed E-state index contributed by atoms with van der Waals surface area (Å²) in [7, 11) is 0. The van der Waals surface area contributed by atoms with Gasteiger partial charge in [-0.1, -0.05) is 43.9 Å². The normalized spacial score (nSPS) is 16.1. The number of halogens is 1. The maximum Gasteiger partial charge on any atom is 0.246 e. The van der Waals surface area contributed by atoms with Gasteiger partial charge >= 0.3 is 0 Å². The molecule has 4 nitrogen and oxygen atoms in total. The third-order valence-electron chi connectivity index (χ3n) is 4.60. The van der Waals surface area contributed by atoms with E-state index in [0.29, 0.717) is 21.9 Å². The van der Waals surface area contributed by atoms with Gasteiger partial charge in [-0.25, -0.2) is 0 Å². The Kier molecular flexibility index (Phi) is 7.97. The molecule has 1 fully saturated rings. The van der Waals surface area contributed by atoms with Gasteiger partial charge in [0.2, 0.25) is 5.91 Å². The molecule has 2 rings (SSSR count). The number of hydrogen-bond acceptors (Lipinski definition) is 2. The molecule has 1 aliphatic rings. The molecule has 1 saturated carbocycles. The van der Waals surface area contributed by atoms with E-state index in [1.165, 1.54) is 19.3 Å². The number of amides is 1. The van der Waals surface area contributed by atoms with Crippen LogP contribution < -0.4 is 10.6 Å². The number of nitrogens with zero attached hydrogens (tertiary/aromatic N) is 1. The van der Waals surface area contributed by atoms with E-state index in [4.69, 9.17) is 23.8 Å². The summed E-state index contributed by atoms with van der Waals surface area (Å²) in [5.74, 6) is -0.0801. The molecule has 0 bridgehead atoms. The Morgan fingerprint density at radius 1 is 1.36 bits per heavy atom. The zero-order valence-corrected chi connectivity index (χ0v) is 16.6. The number of rotatable bonds is 6. The van der Waals surface area contributed by atoms with Crippen molar-refractivity contribution in [2.45, 2.75) is 64.5 Å². The van der Waals surface area contributed by atoms with Crippen LogP contribution >= 0.6 is 23.8 Å². The molecule has 25 heavy (non-hydrogen) atoms. The molecule has 2 N–H and O–H groups in total. The lowest BCUT2D eigenvalue weighted by atomic mass is 9.96. The maximum absolute atomic E-state index is 12.7. The molecule has 138 valence electrons. The van der Waals surface area contributed by atoms with Crippen LogP contribution in [0.4, 0.5) is 5.69 Å². The summed E-state index contributed by atoms with van der Waals surface area (Å²) in [6.07, 6.45) is 7.05. The summed E-state index contributed by atoms with van der Waals surface area (Å²) in [6, 6.07) is 7.27. The number of carbonyl (C=O) groups excluding carboxylic acids is 1.